The van der Waals surface area contributed by atoms with Crippen molar-refractivity contribution in [3.63, 3.8) is 0 Å². The molecular formula is C27H24F4N8O. The van der Waals surface area contributed by atoms with Crippen LogP contribution in [0, 0.1) is 17.1 Å². The molecule has 40 heavy (non-hydrogen) atoms. The van der Waals surface area contributed by atoms with Crippen LogP contribution in [0.25, 0.3) is 22.3 Å². The predicted octanol–water partition coefficient (Wildman–Crippen LogP) is 4.21. The van der Waals surface area contributed by atoms with Gasteiger partial charge in [-0.15, -0.1) is 0 Å². The molecule has 9 nitrogen and oxygen atoms in total. The minimum absolute atomic E-state index is 0.101. The highest BCUT2D eigenvalue weighted by molar-refractivity contribution is 5.94. The number of rotatable bonds is 5. The lowest BCUT2D eigenvalue weighted by Gasteiger charge is -2.53. The fraction of sp³-hybridized carbons (Fsp3) is 0.370. The number of nitrogens with one attached hydrogen (secondary N) is 1. The second-order valence-corrected chi connectivity index (χ2v) is 10.3. The largest absolute Gasteiger partial charge is 0.419 e. The molecule has 0 aliphatic carbocycles. The van der Waals surface area contributed by atoms with Gasteiger partial charge < -0.3 is 9.88 Å². The topological polar surface area (TPSA) is 107 Å². The molecule has 5 heterocycles. The van der Waals surface area contributed by atoms with Gasteiger partial charge in [-0.05, 0) is 37.1 Å². The molecule has 3 aromatic heterocycles. The number of amides is 1. The van der Waals surface area contributed by atoms with E-state index in [2.05, 4.69) is 31.0 Å². The van der Waals surface area contributed by atoms with Crippen molar-refractivity contribution in [3.05, 3.63) is 66.1 Å². The number of aromatic nitrogens is 5. The van der Waals surface area contributed by atoms with Crippen molar-refractivity contribution in [2.24, 2.45) is 0 Å². The van der Waals surface area contributed by atoms with Crippen LogP contribution in [0.1, 0.15) is 35.2 Å². The lowest BCUT2D eigenvalue weighted by molar-refractivity contribution is -0.140. The van der Waals surface area contributed by atoms with E-state index < -0.39 is 29.0 Å². The van der Waals surface area contributed by atoms with Gasteiger partial charge in [0.2, 0.25) is 0 Å². The number of hydrogen-bond donors (Lipinski definition) is 1. The summed E-state index contributed by atoms with van der Waals surface area (Å²) in [6.07, 6.45) is 3.73. The third kappa shape index (κ3) is 4.48. The molecule has 1 N–H and O–H groups in total. The molecular weight excluding hydrogens is 528 g/mol. The van der Waals surface area contributed by atoms with Crippen LogP contribution in [0.3, 0.4) is 0 Å². The minimum atomic E-state index is -4.81. The molecule has 0 unspecified atom stereocenters. The van der Waals surface area contributed by atoms with E-state index in [0.717, 1.165) is 28.4 Å². The predicted molar refractivity (Wildman–Crippen MR) is 135 cm³/mol. The molecule has 13 heteroatoms. The Kier molecular flexibility index (Phi) is 6.29. The van der Waals surface area contributed by atoms with E-state index in [0.29, 0.717) is 51.2 Å². The molecule has 2 aliphatic rings. The highest BCUT2D eigenvalue weighted by Crippen LogP contribution is 2.37. The number of halogens is 4. The second kappa shape index (κ2) is 9.71. The van der Waals surface area contributed by atoms with Gasteiger partial charge in [0.05, 0.1) is 29.9 Å². The molecule has 206 valence electrons. The summed E-state index contributed by atoms with van der Waals surface area (Å²) in [5.41, 5.74) is 0.339. The van der Waals surface area contributed by atoms with Gasteiger partial charge in [-0.1, -0.05) is 0 Å². The molecule has 0 bridgehead atoms. The van der Waals surface area contributed by atoms with Crippen LogP contribution in [-0.4, -0.2) is 72.7 Å². The number of fused-ring (bicyclic) bond motifs is 1. The van der Waals surface area contributed by atoms with Crippen molar-refractivity contribution in [1.29, 1.82) is 5.26 Å². The first-order chi connectivity index (χ1) is 19.2. The van der Waals surface area contributed by atoms with Crippen molar-refractivity contribution in [1.82, 2.24) is 34.5 Å². The third-order valence-electron chi connectivity index (χ3n) is 7.89. The number of carbonyl (C=O) groups excluding carboxylic acids is 1. The molecule has 0 saturated carbocycles. The van der Waals surface area contributed by atoms with Crippen molar-refractivity contribution < 1.29 is 22.4 Å². The molecule has 0 atom stereocenters. The number of aromatic amines is 1. The Morgan fingerprint density at radius 2 is 1.95 bits per heavy atom. The number of carbonyl (C=O) groups is 1. The molecule has 6 rings (SSSR count). The van der Waals surface area contributed by atoms with Crippen LogP contribution >= 0.6 is 0 Å². The fourth-order valence-electron chi connectivity index (χ4n) is 5.75. The number of hydrogen-bond acceptors (Lipinski definition) is 6. The Hall–Kier alpha value is -4.31. The lowest BCUT2D eigenvalue weighted by Crippen LogP contribution is -2.66. The SMILES string of the molecule is N#CCC1(n2cc(-c3ncnc4[nH]ccc34)cn2)CN(C2CCN(C(=O)c3ccc(C(F)(F)F)c(F)c3)CC2)C1. The maximum absolute atomic E-state index is 14.0. The zero-order valence-electron chi connectivity index (χ0n) is 21.2. The van der Waals surface area contributed by atoms with E-state index in [-0.39, 0.29) is 18.0 Å². The Balaban J connectivity index is 1.10. The average molecular weight is 553 g/mol. The third-order valence-corrected chi connectivity index (χ3v) is 7.89. The van der Waals surface area contributed by atoms with Gasteiger partial charge in [0.15, 0.2) is 0 Å². The smallest absolute Gasteiger partial charge is 0.346 e. The van der Waals surface area contributed by atoms with Crippen molar-refractivity contribution >= 4 is 16.9 Å². The van der Waals surface area contributed by atoms with E-state index in [9.17, 15) is 27.6 Å². The van der Waals surface area contributed by atoms with Crippen LogP contribution in [-0.2, 0) is 11.7 Å². The van der Waals surface area contributed by atoms with Gasteiger partial charge >= 0.3 is 6.18 Å². The molecule has 2 saturated heterocycles. The van der Waals surface area contributed by atoms with Crippen LogP contribution in [0.2, 0.25) is 0 Å². The number of alkyl halides is 3. The number of likely N-dealkylation sites (tertiary alicyclic amines) is 2. The van der Waals surface area contributed by atoms with Crippen molar-refractivity contribution in [2.45, 2.75) is 37.0 Å². The fourth-order valence-corrected chi connectivity index (χ4v) is 5.75. The quantitative estimate of drug-likeness (QED) is 0.372. The van der Waals surface area contributed by atoms with E-state index in [4.69, 9.17) is 0 Å². The summed E-state index contributed by atoms with van der Waals surface area (Å²) in [5.74, 6) is -1.94. The van der Waals surface area contributed by atoms with Crippen LogP contribution < -0.4 is 0 Å². The molecule has 2 aliphatic heterocycles. The summed E-state index contributed by atoms with van der Waals surface area (Å²) < 4.78 is 54.4. The van der Waals surface area contributed by atoms with Gasteiger partial charge in [-0.2, -0.15) is 23.5 Å². The van der Waals surface area contributed by atoms with E-state index >= 15 is 0 Å². The van der Waals surface area contributed by atoms with Crippen LogP contribution in [0.15, 0.2) is 49.2 Å². The minimum Gasteiger partial charge on any atom is -0.346 e. The van der Waals surface area contributed by atoms with E-state index in [1.807, 2.05) is 16.9 Å². The monoisotopic (exact) mass is 552 g/mol. The second-order valence-electron chi connectivity index (χ2n) is 10.3. The first-order valence-electron chi connectivity index (χ1n) is 12.8. The zero-order chi connectivity index (χ0) is 28.1. The Labute approximate surface area is 226 Å². The van der Waals surface area contributed by atoms with Gasteiger partial charge in [0.25, 0.3) is 5.91 Å². The zero-order valence-corrected chi connectivity index (χ0v) is 21.2. The Bertz CT molecular complexity index is 1610. The molecule has 0 radical (unpaired) electrons. The van der Waals surface area contributed by atoms with Gasteiger partial charge in [0, 0.05) is 61.1 Å². The number of piperidine rings is 1. The Morgan fingerprint density at radius 1 is 1.18 bits per heavy atom. The summed E-state index contributed by atoms with van der Waals surface area (Å²) in [6.45, 7) is 2.04. The number of H-pyrrole nitrogens is 1. The molecule has 4 aromatic rings. The standard InChI is InChI=1S/C27H24F4N8O/c28-22-11-17(1-2-21(22)27(29,30)31)25(40)37-9-4-19(5-10-37)38-14-26(15-38,6-7-32)39-13-18(12-36-39)23-20-3-8-33-24(20)35-16-34-23/h1-3,8,11-13,16,19H,4-6,9-10,14-15H2,(H,33,34,35). The normalized spacial score (nSPS) is 18.0. The van der Waals surface area contributed by atoms with Gasteiger partial charge in [0.1, 0.15) is 23.3 Å². The number of nitrogens with zero attached hydrogens (tertiary/aromatic N) is 7. The van der Waals surface area contributed by atoms with Gasteiger partial charge in [-0.3, -0.25) is 14.4 Å². The molecule has 2 fully saturated rings. The number of benzene rings is 1. The average Bonchev–Trinajstić information content (AvgIpc) is 3.60. The Morgan fingerprint density at radius 3 is 2.65 bits per heavy atom. The van der Waals surface area contributed by atoms with E-state index in [1.165, 1.54) is 6.33 Å². The van der Waals surface area contributed by atoms with Crippen molar-refractivity contribution in [2.75, 3.05) is 26.2 Å². The summed E-state index contributed by atoms with van der Waals surface area (Å²) in [6, 6.07) is 6.66. The summed E-state index contributed by atoms with van der Waals surface area (Å²) in [4.78, 5) is 28.4. The van der Waals surface area contributed by atoms with Crippen molar-refractivity contribution in [3.8, 4) is 17.3 Å². The maximum atomic E-state index is 14.0. The van der Waals surface area contributed by atoms with Gasteiger partial charge in [-0.25, -0.2) is 14.4 Å². The molecule has 0 spiro atoms. The maximum Gasteiger partial charge on any atom is 0.419 e. The lowest BCUT2D eigenvalue weighted by atomic mass is 9.83. The first-order valence-corrected chi connectivity index (χ1v) is 12.8. The summed E-state index contributed by atoms with van der Waals surface area (Å²) in [5, 5.41) is 15.0. The highest BCUT2D eigenvalue weighted by Gasteiger charge is 2.48. The summed E-state index contributed by atoms with van der Waals surface area (Å²) in [7, 11) is 0. The van der Waals surface area contributed by atoms with Crippen LogP contribution in [0.5, 0.6) is 0 Å². The first kappa shape index (κ1) is 25.9. The van der Waals surface area contributed by atoms with E-state index in [1.54, 1.807) is 17.3 Å². The molecule has 1 amide bonds. The van der Waals surface area contributed by atoms with Crippen LogP contribution in [0.4, 0.5) is 17.6 Å². The number of nitriles is 1. The molecule has 1 aromatic carbocycles. The highest BCUT2D eigenvalue weighted by atomic mass is 19.4. The summed E-state index contributed by atoms with van der Waals surface area (Å²) >= 11 is 0.